The highest BCUT2D eigenvalue weighted by Crippen LogP contribution is 2.34. The molecule has 2 saturated heterocycles. The first kappa shape index (κ1) is 29.8. The summed E-state index contributed by atoms with van der Waals surface area (Å²) in [5, 5.41) is 1.06. The number of hydrogen-bond acceptors (Lipinski definition) is 5. The largest absolute Gasteiger partial charge is 0.493 e. The molecule has 226 valence electrons. The SMILES string of the molecule is CCCCCOc1cc(N2CC[C@H](C)N(Cc3cccc4c3ccn4CC(=O)N3CCCOCC3)C2=O)ccc1OC. The van der Waals surface area contributed by atoms with E-state index in [1.807, 2.05) is 55.8 Å². The quantitative estimate of drug-likeness (QED) is 0.274. The van der Waals surface area contributed by atoms with Gasteiger partial charge in [-0.1, -0.05) is 31.9 Å². The van der Waals surface area contributed by atoms with E-state index in [4.69, 9.17) is 14.2 Å². The second-order valence-electron chi connectivity index (χ2n) is 11.2. The molecule has 0 radical (unpaired) electrons. The van der Waals surface area contributed by atoms with Crippen LogP contribution in [0, 0.1) is 0 Å². The molecule has 2 fully saturated rings. The number of carbonyl (C=O) groups excluding carboxylic acids is 2. The highest BCUT2D eigenvalue weighted by Gasteiger charge is 2.32. The Labute approximate surface area is 248 Å². The minimum absolute atomic E-state index is 0.0224. The van der Waals surface area contributed by atoms with Gasteiger partial charge in [0, 0.05) is 67.7 Å². The maximum Gasteiger partial charge on any atom is 0.325 e. The third-order valence-electron chi connectivity index (χ3n) is 8.37. The molecule has 3 heterocycles. The normalized spacial score (nSPS) is 17.9. The molecule has 42 heavy (non-hydrogen) atoms. The van der Waals surface area contributed by atoms with Crippen LogP contribution in [0.2, 0.25) is 0 Å². The average Bonchev–Trinajstić information content (AvgIpc) is 3.21. The summed E-state index contributed by atoms with van der Waals surface area (Å²) in [5.41, 5.74) is 2.88. The number of carbonyl (C=O) groups is 2. The predicted octanol–water partition coefficient (Wildman–Crippen LogP) is 5.69. The Morgan fingerprint density at radius 1 is 1.05 bits per heavy atom. The summed E-state index contributed by atoms with van der Waals surface area (Å²) in [7, 11) is 1.64. The van der Waals surface area contributed by atoms with Crippen LogP contribution in [0.5, 0.6) is 11.5 Å². The minimum Gasteiger partial charge on any atom is -0.493 e. The third kappa shape index (κ3) is 6.67. The molecule has 2 aliphatic heterocycles. The van der Waals surface area contributed by atoms with Crippen molar-refractivity contribution < 1.29 is 23.8 Å². The molecule has 1 atom stereocenters. The van der Waals surface area contributed by atoms with Crippen molar-refractivity contribution in [2.24, 2.45) is 0 Å². The molecule has 0 bridgehead atoms. The smallest absolute Gasteiger partial charge is 0.325 e. The van der Waals surface area contributed by atoms with Gasteiger partial charge in [-0.3, -0.25) is 9.69 Å². The lowest BCUT2D eigenvalue weighted by Crippen LogP contribution is -2.53. The van der Waals surface area contributed by atoms with Gasteiger partial charge in [-0.25, -0.2) is 4.79 Å². The van der Waals surface area contributed by atoms with Gasteiger partial charge in [0.1, 0.15) is 6.54 Å². The Balaban J connectivity index is 1.32. The van der Waals surface area contributed by atoms with Crippen LogP contribution in [0.15, 0.2) is 48.7 Å². The lowest BCUT2D eigenvalue weighted by atomic mass is 10.1. The van der Waals surface area contributed by atoms with Gasteiger partial charge in [-0.05, 0) is 56.0 Å². The van der Waals surface area contributed by atoms with E-state index in [0.29, 0.717) is 57.5 Å². The van der Waals surface area contributed by atoms with E-state index in [9.17, 15) is 9.59 Å². The van der Waals surface area contributed by atoms with Crippen molar-refractivity contribution in [2.75, 3.05) is 51.5 Å². The number of rotatable bonds is 11. The zero-order valence-electron chi connectivity index (χ0n) is 25.2. The highest BCUT2D eigenvalue weighted by molar-refractivity contribution is 5.94. The monoisotopic (exact) mass is 576 g/mol. The van der Waals surface area contributed by atoms with Crippen LogP contribution < -0.4 is 14.4 Å². The van der Waals surface area contributed by atoms with Crippen molar-refractivity contribution >= 4 is 28.5 Å². The summed E-state index contributed by atoms with van der Waals surface area (Å²) < 4.78 is 19.1. The van der Waals surface area contributed by atoms with Crippen molar-refractivity contribution in [3.63, 3.8) is 0 Å². The highest BCUT2D eigenvalue weighted by atomic mass is 16.5. The fourth-order valence-electron chi connectivity index (χ4n) is 5.84. The molecule has 2 aromatic carbocycles. The first-order chi connectivity index (χ1) is 20.5. The fraction of sp³-hybridized carbons (Fsp3) is 0.515. The maximum atomic E-state index is 13.9. The van der Waals surface area contributed by atoms with Gasteiger partial charge in [0.2, 0.25) is 5.91 Å². The Kier molecular flexibility index (Phi) is 9.89. The molecule has 0 spiro atoms. The minimum atomic E-state index is -0.0224. The standard InChI is InChI=1S/C33H44N4O5/c1-4-5-6-20-42-31-22-27(11-12-30(31)40-3)36-17-13-25(2)37(33(36)39)23-26-9-7-10-29-28(26)14-16-35(29)24-32(38)34-15-8-19-41-21-18-34/h7,9-12,14,16,22,25H,4-6,8,13,15,17-21,23-24H2,1-3H3/t25-/m0/s1. The first-order valence-electron chi connectivity index (χ1n) is 15.3. The van der Waals surface area contributed by atoms with Crippen LogP contribution in [0.1, 0.15) is 51.5 Å². The van der Waals surface area contributed by atoms with Crippen molar-refractivity contribution in [3.05, 3.63) is 54.2 Å². The topological polar surface area (TPSA) is 76.5 Å². The number of benzene rings is 2. The lowest BCUT2D eigenvalue weighted by Gasteiger charge is -2.40. The van der Waals surface area contributed by atoms with E-state index in [0.717, 1.165) is 60.8 Å². The van der Waals surface area contributed by atoms with Gasteiger partial charge in [-0.2, -0.15) is 0 Å². The number of amides is 3. The third-order valence-corrected chi connectivity index (χ3v) is 8.37. The summed E-state index contributed by atoms with van der Waals surface area (Å²) in [6, 6.07) is 14.0. The van der Waals surface area contributed by atoms with E-state index in [-0.39, 0.29) is 18.0 Å². The van der Waals surface area contributed by atoms with E-state index in [1.165, 1.54) is 0 Å². The number of anilines is 1. The summed E-state index contributed by atoms with van der Waals surface area (Å²) in [6.07, 6.45) is 6.92. The molecule has 9 heteroatoms. The number of aromatic nitrogens is 1. The zero-order valence-corrected chi connectivity index (χ0v) is 25.2. The summed E-state index contributed by atoms with van der Waals surface area (Å²) in [6.45, 7) is 8.98. The molecule has 0 saturated carbocycles. The van der Waals surface area contributed by atoms with Crippen LogP contribution in [0.3, 0.4) is 0 Å². The molecule has 9 nitrogen and oxygen atoms in total. The molecule has 2 aliphatic rings. The van der Waals surface area contributed by atoms with Crippen LogP contribution in [-0.4, -0.2) is 78.9 Å². The number of methoxy groups -OCH3 is 1. The van der Waals surface area contributed by atoms with Crippen LogP contribution >= 0.6 is 0 Å². The number of unbranched alkanes of at least 4 members (excludes halogenated alkanes) is 2. The summed E-state index contributed by atoms with van der Waals surface area (Å²) in [5.74, 6) is 1.44. The van der Waals surface area contributed by atoms with Crippen molar-refractivity contribution in [1.82, 2.24) is 14.4 Å². The molecule has 0 N–H and O–H groups in total. The molecule has 5 rings (SSSR count). The molecule has 0 unspecified atom stereocenters. The molecule has 1 aromatic heterocycles. The first-order valence-corrected chi connectivity index (χ1v) is 15.3. The maximum absolute atomic E-state index is 13.9. The number of hydrogen-bond donors (Lipinski definition) is 0. The summed E-state index contributed by atoms with van der Waals surface area (Å²) >= 11 is 0. The molecular formula is C33H44N4O5. The van der Waals surface area contributed by atoms with Gasteiger partial charge in [0.25, 0.3) is 0 Å². The van der Waals surface area contributed by atoms with E-state index in [2.05, 4.69) is 26.0 Å². The van der Waals surface area contributed by atoms with E-state index < -0.39 is 0 Å². The number of fused-ring (bicyclic) bond motifs is 1. The second-order valence-corrected chi connectivity index (χ2v) is 11.2. The molecular weight excluding hydrogens is 532 g/mol. The Morgan fingerprint density at radius 3 is 2.76 bits per heavy atom. The molecule has 3 amide bonds. The van der Waals surface area contributed by atoms with Crippen molar-refractivity contribution in [1.29, 1.82) is 0 Å². The van der Waals surface area contributed by atoms with Crippen LogP contribution in [0.4, 0.5) is 10.5 Å². The number of ether oxygens (including phenoxy) is 3. The predicted molar refractivity (Wildman–Crippen MR) is 164 cm³/mol. The second kappa shape index (κ2) is 14.0. The fourth-order valence-corrected chi connectivity index (χ4v) is 5.84. The van der Waals surface area contributed by atoms with Crippen LogP contribution in [0.25, 0.3) is 10.9 Å². The molecule has 3 aromatic rings. The number of urea groups is 1. The lowest BCUT2D eigenvalue weighted by molar-refractivity contribution is -0.131. The molecule has 0 aliphatic carbocycles. The van der Waals surface area contributed by atoms with Gasteiger partial charge in [0.05, 0.1) is 20.3 Å². The van der Waals surface area contributed by atoms with E-state index >= 15 is 0 Å². The van der Waals surface area contributed by atoms with E-state index in [1.54, 1.807) is 7.11 Å². The van der Waals surface area contributed by atoms with Gasteiger partial charge < -0.3 is 28.6 Å². The Hall–Kier alpha value is -3.72. The van der Waals surface area contributed by atoms with Gasteiger partial charge in [-0.15, -0.1) is 0 Å². The average molecular weight is 577 g/mol. The van der Waals surface area contributed by atoms with Gasteiger partial charge >= 0.3 is 6.03 Å². The van der Waals surface area contributed by atoms with Crippen molar-refractivity contribution in [2.45, 2.75) is 65.1 Å². The Bertz CT molecular complexity index is 1360. The zero-order chi connectivity index (χ0) is 29.5. The van der Waals surface area contributed by atoms with Gasteiger partial charge in [0.15, 0.2) is 11.5 Å². The number of nitrogens with zero attached hydrogens (tertiary/aromatic N) is 4. The Morgan fingerprint density at radius 2 is 1.93 bits per heavy atom. The summed E-state index contributed by atoms with van der Waals surface area (Å²) in [4.78, 5) is 32.6. The van der Waals surface area contributed by atoms with Crippen molar-refractivity contribution in [3.8, 4) is 11.5 Å². The van der Waals surface area contributed by atoms with Crippen LogP contribution in [-0.2, 0) is 22.6 Å².